The minimum Gasteiger partial charge on any atom is -0.465 e. The second kappa shape index (κ2) is 6.44. The summed E-state index contributed by atoms with van der Waals surface area (Å²) >= 11 is 0. The van der Waals surface area contributed by atoms with Gasteiger partial charge in [-0.3, -0.25) is 0 Å². The number of rotatable bonds is 6. The highest BCUT2D eigenvalue weighted by Gasteiger charge is 2.04. The molecule has 1 unspecified atom stereocenters. The van der Waals surface area contributed by atoms with Crippen molar-refractivity contribution in [2.45, 2.75) is 38.9 Å². The van der Waals surface area contributed by atoms with Gasteiger partial charge in [0, 0.05) is 6.42 Å². The number of aliphatic hydroxyl groups excluding tert-OH is 1. The van der Waals surface area contributed by atoms with Crippen molar-refractivity contribution in [3.63, 3.8) is 0 Å². The number of aliphatic hydroxyl groups is 1. The van der Waals surface area contributed by atoms with E-state index in [0.717, 1.165) is 25.0 Å². The zero-order valence-corrected chi connectivity index (χ0v) is 8.65. The molecule has 0 spiro atoms. The van der Waals surface area contributed by atoms with Crippen LogP contribution < -0.4 is 4.74 Å². The van der Waals surface area contributed by atoms with Gasteiger partial charge in [-0.15, -0.1) is 0 Å². The average Bonchev–Trinajstić information content (AvgIpc) is 2.20. The van der Waals surface area contributed by atoms with E-state index in [1.807, 2.05) is 30.3 Å². The highest BCUT2D eigenvalue weighted by molar-refractivity contribution is 5.20. The van der Waals surface area contributed by atoms with E-state index in [9.17, 15) is 5.11 Å². The lowest BCUT2D eigenvalue weighted by Crippen LogP contribution is -2.14. The highest BCUT2D eigenvalue weighted by atomic mass is 16.6. The van der Waals surface area contributed by atoms with Crippen LogP contribution in [0.5, 0.6) is 5.75 Å². The summed E-state index contributed by atoms with van der Waals surface area (Å²) in [6.07, 6.45) is 3.38. The van der Waals surface area contributed by atoms with Gasteiger partial charge in [0.15, 0.2) is 6.29 Å². The van der Waals surface area contributed by atoms with Crippen LogP contribution in [0.1, 0.15) is 32.6 Å². The predicted molar refractivity (Wildman–Crippen MR) is 57.2 cm³/mol. The number of hydrogen-bond acceptors (Lipinski definition) is 2. The summed E-state index contributed by atoms with van der Waals surface area (Å²) in [5.74, 6) is 0.733. The zero-order valence-electron chi connectivity index (χ0n) is 8.65. The van der Waals surface area contributed by atoms with Crippen LogP contribution in [0.3, 0.4) is 0 Å². The Hall–Kier alpha value is -1.02. The third kappa shape index (κ3) is 4.28. The largest absolute Gasteiger partial charge is 0.465 e. The molecule has 0 aliphatic heterocycles. The van der Waals surface area contributed by atoms with Gasteiger partial charge in [-0.05, 0) is 18.6 Å². The topological polar surface area (TPSA) is 29.5 Å². The lowest BCUT2D eigenvalue weighted by molar-refractivity contribution is -0.0245. The Morgan fingerprint density at radius 2 is 1.93 bits per heavy atom. The first-order valence-electron chi connectivity index (χ1n) is 5.22. The molecule has 1 aromatic rings. The highest BCUT2D eigenvalue weighted by Crippen LogP contribution is 2.12. The summed E-state index contributed by atoms with van der Waals surface area (Å²) in [6.45, 7) is 2.14. The average molecular weight is 194 g/mol. The molecule has 0 aromatic heterocycles. The number of hydrogen-bond donors (Lipinski definition) is 1. The molecule has 0 bridgehead atoms. The fraction of sp³-hybridized carbons (Fsp3) is 0.500. The molecular formula is C12H18O2. The first-order chi connectivity index (χ1) is 6.83. The number of ether oxygens (including phenoxy) is 1. The standard InChI is InChI=1S/C12H18O2/c1-2-3-5-10-12(13)14-11-8-6-4-7-9-11/h4,6-9,12-13H,2-3,5,10H2,1H3. The molecule has 0 amide bonds. The Kier molecular flexibility index (Phi) is 5.08. The van der Waals surface area contributed by atoms with E-state index in [2.05, 4.69) is 6.92 Å². The molecule has 2 nitrogen and oxygen atoms in total. The van der Waals surface area contributed by atoms with Gasteiger partial charge in [-0.1, -0.05) is 38.0 Å². The zero-order chi connectivity index (χ0) is 10.2. The summed E-state index contributed by atoms with van der Waals surface area (Å²) < 4.78 is 5.32. The Morgan fingerprint density at radius 1 is 1.21 bits per heavy atom. The van der Waals surface area contributed by atoms with Crippen LogP contribution in [0.4, 0.5) is 0 Å². The molecule has 1 N–H and O–H groups in total. The van der Waals surface area contributed by atoms with E-state index in [4.69, 9.17) is 4.74 Å². The van der Waals surface area contributed by atoms with Gasteiger partial charge < -0.3 is 9.84 Å². The number of para-hydroxylation sites is 1. The molecule has 0 aliphatic carbocycles. The molecule has 0 saturated carbocycles. The lowest BCUT2D eigenvalue weighted by Gasteiger charge is -2.12. The van der Waals surface area contributed by atoms with E-state index in [1.165, 1.54) is 0 Å². The van der Waals surface area contributed by atoms with Gasteiger partial charge in [-0.25, -0.2) is 0 Å². The van der Waals surface area contributed by atoms with Gasteiger partial charge in [-0.2, -0.15) is 0 Å². The molecule has 0 radical (unpaired) electrons. The summed E-state index contributed by atoms with van der Waals surface area (Å²) in [7, 11) is 0. The molecule has 0 aliphatic rings. The van der Waals surface area contributed by atoms with E-state index in [1.54, 1.807) is 0 Å². The predicted octanol–water partition coefficient (Wildman–Crippen LogP) is 2.96. The molecule has 0 heterocycles. The van der Waals surface area contributed by atoms with Crippen molar-refractivity contribution < 1.29 is 9.84 Å². The normalized spacial score (nSPS) is 12.4. The second-order valence-electron chi connectivity index (χ2n) is 3.38. The summed E-state index contributed by atoms with van der Waals surface area (Å²) in [4.78, 5) is 0. The minimum absolute atomic E-state index is 0.663. The van der Waals surface area contributed by atoms with Crippen molar-refractivity contribution in [1.29, 1.82) is 0 Å². The van der Waals surface area contributed by atoms with Gasteiger partial charge >= 0.3 is 0 Å². The maximum atomic E-state index is 9.51. The molecule has 1 atom stereocenters. The van der Waals surface area contributed by atoms with Crippen molar-refractivity contribution in [3.8, 4) is 5.75 Å². The molecule has 0 fully saturated rings. The number of benzene rings is 1. The molecule has 14 heavy (non-hydrogen) atoms. The SMILES string of the molecule is CCCCCC(O)Oc1ccccc1. The summed E-state index contributed by atoms with van der Waals surface area (Å²) in [6, 6.07) is 9.42. The van der Waals surface area contributed by atoms with Crippen molar-refractivity contribution in [1.82, 2.24) is 0 Å². The van der Waals surface area contributed by atoms with Crippen molar-refractivity contribution >= 4 is 0 Å². The van der Waals surface area contributed by atoms with Gasteiger partial charge in [0.05, 0.1) is 0 Å². The van der Waals surface area contributed by atoms with Crippen LogP contribution in [0.25, 0.3) is 0 Å². The van der Waals surface area contributed by atoms with E-state index < -0.39 is 6.29 Å². The second-order valence-corrected chi connectivity index (χ2v) is 3.38. The van der Waals surface area contributed by atoms with E-state index in [0.29, 0.717) is 6.42 Å². The molecule has 0 saturated heterocycles. The quantitative estimate of drug-likeness (QED) is 0.557. The monoisotopic (exact) mass is 194 g/mol. The van der Waals surface area contributed by atoms with Gasteiger partial charge in [0.25, 0.3) is 0 Å². The van der Waals surface area contributed by atoms with E-state index in [-0.39, 0.29) is 0 Å². The van der Waals surface area contributed by atoms with Crippen LogP contribution in [0.2, 0.25) is 0 Å². The number of unbranched alkanes of at least 4 members (excludes halogenated alkanes) is 2. The van der Waals surface area contributed by atoms with Crippen LogP contribution in [-0.2, 0) is 0 Å². The smallest absolute Gasteiger partial charge is 0.197 e. The van der Waals surface area contributed by atoms with E-state index >= 15 is 0 Å². The van der Waals surface area contributed by atoms with Gasteiger partial charge in [0.2, 0.25) is 0 Å². The third-order valence-electron chi connectivity index (χ3n) is 2.07. The van der Waals surface area contributed by atoms with Crippen molar-refractivity contribution in [3.05, 3.63) is 30.3 Å². The molecule has 78 valence electrons. The molecular weight excluding hydrogens is 176 g/mol. The van der Waals surface area contributed by atoms with Crippen LogP contribution in [-0.4, -0.2) is 11.4 Å². The van der Waals surface area contributed by atoms with Crippen LogP contribution in [0.15, 0.2) is 30.3 Å². The maximum Gasteiger partial charge on any atom is 0.197 e. The van der Waals surface area contributed by atoms with Gasteiger partial charge in [0.1, 0.15) is 5.75 Å². The maximum absolute atomic E-state index is 9.51. The van der Waals surface area contributed by atoms with Crippen molar-refractivity contribution in [2.24, 2.45) is 0 Å². The molecule has 1 aromatic carbocycles. The minimum atomic E-state index is -0.663. The first kappa shape index (κ1) is 11.1. The third-order valence-corrected chi connectivity index (χ3v) is 2.07. The Bertz CT molecular complexity index is 233. The van der Waals surface area contributed by atoms with Crippen LogP contribution >= 0.6 is 0 Å². The summed E-state index contributed by atoms with van der Waals surface area (Å²) in [5, 5.41) is 9.51. The Labute approximate surface area is 85.5 Å². The molecule has 1 rings (SSSR count). The molecule has 2 heteroatoms. The fourth-order valence-electron chi connectivity index (χ4n) is 1.28. The van der Waals surface area contributed by atoms with Crippen LogP contribution in [0, 0.1) is 0 Å². The fourth-order valence-corrected chi connectivity index (χ4v) is 1.28. The Morgan fingerprint density at radius 3 is 2.57 bits per heavy atom. The Balaban J connectivity index is 2.23. The summed E-state index contributed by atoms with van der Waals surface area (Å²) in [5.41, 5.74) is 0. The lowest BCUT2D eigenvalue weighted by atomic mass is 10.2. The van der Waals surface area contributed by atoms with Crippen molar-refractivity contribution in [2.75, 3.05) is 0 Å². The first-order valence-corrected chi connectivity index (χ1v) is 5.22.